The van der Waals surface area contributed by atoms with Crippen molar-refractivity contribution in [3.05, 3.63) is 88.4 Å². The van der Waals surface area contributed by atoms with Crippen LogP contribution in [0, 0.1) is 0 Å². The number of halogens is 1. The van der Waals surface area contributed by atoms with E-state index in [9.17, 15) is 9.59 Å². The SMILES string of the molecule is COc1ccccc1OCC(=O)N/N=C/c1ccc(OC(=O)c2cccc(Br)c2)cc1. The van der Waals surface area contributed by atoms with Crippen LogP contribution in [-0.4, -0.2) is 31.8 Å². The van der Waals surface area contributed by atoms with E-state index in [1.54, 1.807) is 60.7 Å². The van der Waals surface area contributed by atoms with Crippen LogP contribution in [0.2, 0.25) is 0 Å². The molecule has 3 rings (SSSR count). The van der Waals surface area contributed by atoms with Crippen molar-refractivity contribution >= 4 is 34.0 Å². The predicted molar refractivity (Wildman–Crippen MR) is 120 cm³/mol. The number of ether oxygens (including phenoxy) is 3. The van der Waals surface area contributed by atoms with Crippen LogP contribution in [0.25, 0.3) is 0 Å². The average Bonchev–Trinajstić information content (AvgIpc) is 2.79. The van der Waals surface area contributed by atoms with Crippen LogP contribution in [0.15, 0.2) is 82.4 Å². The second kappa shape index (κ2) is 10.9. The van der Waals surface area contributed by atoms with Crippen molar-refractivity contribution in [2.24, 2.45) is 5.10 Å². The Morgan fingerprint density at radius 2 is 1.74 bits per heavy atom. The third kappa shape index (κ3) is 6.68. The summed E-state index contributed by atoms with van der Waals surface area (Å²) in [5.41, 5.74) is 3.55. The Morgan fingerprint density at radius 3 is 2.45 bits per heavy atom. The molecule has 0 radical (unpaired) electrons. The van der Waals surface area contributed by atoms with E-state index in [0.717, 1.165) is 4.47 Å². The van der Waals surface area contributed by atoms with Crippen molar-refractivity contribution in [1.82, 2.24) is 5.43 Å². The summed E-state index contributed by atoms with van der Waals surface area (Å²) in [6, 6.07) is 20.7. The number of para-hydroxylation sites is 2. The van der Waals surface area contributed by atoms with E-state index in [2.05, 4.69) is 26.5 Å². The maximum atomic E-state index is 12.2. The molecule has 1 N–H and O–H groups in total. The highest BCUT2D eigenvalue weighted by molar-refractivity contribution is 9.10. The number of carbonyl (C=O) groups excluding carboxylic acids is 2. The van der Waals surface area contributed by atoms with Gasteiger partial charge in [0.15, 0.2) is 18.1 Å². The quantitative estimate of drug-likeness (QED) is 0.225. The maximum absolute atomic E-state index is 12.2. The van der Waals surface area contributed by atoms with Gasteiger partial charge in [0.25, 0.3) is 5.91 Å². The lowest BCUT2D eigenvalue weighted by molar-refractivity contribution is -0.123. The average molecular weight is 483 g/mol. The number of rotatable bonds is 8. The fraction of sp³-hybridized carbons (Fsp3) is 0.0870. The van der Waals surface area contributed by atoms with E-state index in [-0.39, 0.29) is 6.61 Å². The zero-order valence-corrected chi connectivity index (χ0v) is 18.2. The zero-order chi connectivity index (χ0) is 22.1. The van der Waals surface area contributed by atoms with Gasteiger partial charge in [0.2, 0.25) is 0 Å². The van der Waals surface area contributed by atoms with Gasteiger partial charge in [-0.3, -0.25) is 4.79 Å². The van der Waals surface area contributed by atoms with E-state index in [4.69, 9.17) is 14.2 Å². The van der Waals surface area contributed by atoms with Gasteiger partial charge in [-0.05, 0) is 60.2 Å². The van der Waals surface area contributed by atoms with Gasteiger partial charge >= 0.3 is 5.97 Å². The van der Waals surface area contributed by atoms with Crippen molar-refractivity contribution in [2.45, 2.75) is 0 Å². The molecule has 1 amide bonds. The van der Waals surface area contributed by atoms with Crippen molar-refractivity contribution in [2.75, 3.05) is 13.7 Å². The van der Waals surface area contributed by atoms with Crippen LogP contribution in [0.3, 0.4) is 0 Å². The van der Waals surface area contributed by atoms with Crippen LogP contribution < -0.4 is 19.6 Å². The Labute approximate surface area is 187 Å². The van der Waals surface area contributed by atoms with Crippen LogP contribution in [0.4, 0.5) is 0 Å². The fourth-order valence-corrected chi connectivity index (χ4v) is 2.90. The number of carbonyl (C=O) groups is 2. The van der Waals surface area contributed by atoms with Crippen LogP contribution in [-0.2, 0) is 4.79 Å². The molecule has 31 heavy (non-hydrogen) atoms. The third-order valence-corrected chi connectivity index (χ3v) is 4.47. The topological polar surface area (TPSA) is 86.2 Å². The normalized spacial score (nSPS) is 10.5. The molecule has 0 atom stereocenters. The first kappa shape index (κ1) is 22.0. The molecule has 0 heterocycles. The number of nitrogens with one attached hydrogen (secondary N) is 1. The van der Waals surface area contributed by atoms with Gasteiger partial charge in [-0.25, -0.2) is 10.2 Å². The summed E-state index contributed by atoms with van der Waals surface area (Å²) in [4.78, 5) is 24.1. The van der Waals surface area contributed by atoms with Crippen LogP contribution in [0.5, 0.6) is 17.2 Å². The minimum atomic E-state index is -0.454. The first-order valence-electron chi connectivity index (χ1n) is 9.20. The summed E-state index contributed by atoms with van der Waals surface area (Å²) < 4.78 is 16.7. The molecule has 0 saturated heterocycles. The smallest absolute Gasteiger partial charge is 0.343 e. The maximum Gasteiger partial charge on any atom is 0.343 e. The number of amides is 1. The molecule has 0 aliphatic heterocycles. The summed E-state index contributed by atoms with van der Waals surface area (Å²) >= 11 is 3.32. The fourth-order valence-electron chi connectivity index (χ4n) is 2.50. The molecule has 0 bridgehead atoms. The van der Waals surface area contributed by atoms with Gasteiger partial charge in [-0.1, -0.05) is 34.1 Å². The van der Waals surface area contributed by atoms with E-state index in [1.165, 1.54) is 13.3 Å². The lowest BCUT2D eigenvalue weighted by Gasteiger charge is -2.09. The summed E-state index contributed by atoms with van der Waals surface area (Å²) in [6.45, 7) is -0.206. The number of hydrazone groups is 1. The first-order valence-corrected chi connectivity index (χ1v) is 10.00. The molecule has 158 valence electrons. The number of benzene rings is 3. The van der Waals surface area contributed by atoms with Gasteiger partial charge < -0.3 is 14.2 Å². The highest BCUT2D eigenvalue weighted by Gasteiger charge is 2.09. The van der Waals surface area contributed by atoms with Gasteiger partial charge in [0, 0.05) is 4.47 Å². The third-order valence-electron chi connectivity index (χ3n) is 3.98. The molecule has 3 aromatic rings. The lowest BCUT2D eigenvalue weighted by atomic mass is 10.2. The largest absolute Gasteiger partial charge is 0.493 e. The Morgan fingerprint density at radius 1 is 1.00 bits per heavy atom. The summed E-state index contributed by atoms with van der Waals surface area (Å²) in [6.07, 6.45) is 1.47. The predicted octanol–water partition coefficient (Wildman–Crippen LogP) is 4.21. The first-order chi connectivity index (χ1) is 15.0. The number of nitrogens with zero attached hydrogens (tertiary/aromatic N) is 1. The second-order valence-electron chi connectivity index (χ2n) is 6.20. The number of esters is 1. The van der Waals surface area contributed by atoms with Gasteiger partial charge in [-0.15, -0.1) is 0 Å². The highest BCUT2D eigenvalue weighted by atomic mass is 79.9. The van der Waals surface area contributed by atoms with Crippen LogP contribution in [0.1, 0.15) is 15.9 Å². The molecule has 0 unspecified atom stereocenters. The summed E-state index contributed by atoms with van der Waals surface area (Å²) in [5.74, 6) is 0.541. The molecule has 0 aliphatic rings. The Balaban J connectivity index is 1.48. The molecule has 0 fully saturated rings. The van der Waals surface area contributed by atoms with Gasteiger partial charge in [-0.2, -0.15) is 5.10 Å². The minimum Gasteiger partial charge on any atom is -0.493 e. The molecule has 0 aromatic heterocycles. The molecule has 0 saturated carbocycles. The van der Waals surface area contributed by atoms with E-state index >= 15 is 0 Å². The summed E-state index contributed by atoms with van der Waals surface area (Å²) in [5, 5.41) is 3.90. The van der Waals surface area contributed by atoms with Gasteiger partial charge in [0.1, 0.15) is 5.75 Å². The molecule has 8 heteroatoms. The minimum absolute atomic E-state index is 0.206. The molecular formula is C23H19BrN2O5. The lowest BCUT2D eigenvalue weighted by Crippen LogP contribution is -2.24. The molecule has 7 nitrogen and oxygen atoms in total. The Bertz CT molecular complexity index is 1080. The highest BCUT2D eigenvalue weighted by Crippen LogP contribution is 2.25. The second-order valence-corrected chi connectivity index (χ2v) is 7.12. The van der Waals surface area contributed by atoms with Gasteiger partial charge in [0.05, 0.1) is 18.9 Å². The Hall–Kier alpha value is -3.65. The Kier molecular flexibility index (Phi) is 7.78. The standard InChI is InChI=1S/C23H19BrN2O5/c1-29-20-7-2-3-8-21(20)30-15-22(27)26-25-14-16-9-11-19(12-10-16)31-23(28)17-5-4-6-18(24)13-17/h2-14H,15H2,1H3,(H,26,27)/b25-14+. The monoisotopic (exact) mass is 482 g/mol. The molecule has 0 spiro atoms. The molecular weight excluding hydrogens is 464 g/mol. The molecule has 3 aromatic carbocycles. The number of methoxy groups -OCH3 is 1. The van der Waals surface area contributed by atoms with Crippen LogP contribution >= 0.6 is 15.9 Å². The van der Waals surface area contributed by atoms with E-state index < -0.39 is 11.9 Å². The number of hydrogen-bond donors (Lipinski definition) is 1. The molecule has 0 aliphatic carbocycles. The summed E-state index contributed by atoms with van der Waals surface area (Å²) in [7, 11) is 1.53. The van der Waals surface area contributed by atoms with Crippen molar-refractivity contribution in [3.63, 3.8) is 0 Å². The van der Waals surface area contributed by atoms with Crippen molar-refractivity contribution in [1.29, 1.82) is 0 Å². The van der Waals surface area contributed by atoms with E-state index in [1.807, 2.05) is 12.1 Å². The van der Waals surface area contributed by atoms with E-state index in [0.29, 0.717) is 28.4 Å². The van der Waals surface area contributed by atoms with Crippen molar-refractivity contribution < 1.29 is 23.8 Å². The van der Waals surface area contributed by atoms with Crippen molar-refractivity contribution in [3.8, 4) is 17.2 Å². The zero-order valence-electron chi connectivity index (χ0n) is 16.6. The number of hydrogen-bond acceptors (Lipinski definition) is 6.